The number of unbranched alkanes of at least 4 members (excludes halogenated alkanes) is 1. The van der Waals surface area contributed by atoms with Gasteiger partial charge in [0.05, 0.1) is 11.6 Å². The number of methoxy groups -OCH3 is 1. The van der Waals surface area contributed by atoms with Gasteiger partial charge in [-0.2, -0.15) is 0 Å². The van der Waals surface area contributed by atoms with Gasteiger partial charge in [-0.05, 0) is 64.3 Å². The Labute approximate surface area is 169 Å². The van der Waals surface area contributed by atoms with E-state index in [4.69, 9.17) is 21.1 Å². The molecule has 0 spiro atoms. The van der Waals surface area contributed by atoms with Crippen molar-refractivity contribution in [2.45, 2.75) is 32.9 Å². The van der Waals surface area contributed by atoms with Crippen LogP contribution < -0.4 is 14.8 Å². The SMILES string of the molecule is CCCCNCc1cc(Br)c(OCc2ccc(Cl)cc2)c(OC)c1.Cl. The van der Waals surface area contributed by atoms with Gasteiger partial charge in [-0.1, -0.05) is 37.1 Å². The Balaban J connectivity index is 0.00000312. The van der Waals surface area contributed by atoms with Crippen LogP contribution in [-0.2, 0) is 13.2 Å². The van der Waals surface area contributed by atoms with Crippen LogP contribution in [0.15, 0.2) is 40.9 Å². The third kappa shape index (κ3) is 7.06. The minimum atomic E-state index is 0. The zero-order valence-corrected chi connectivity index (χ0v) is 17.6. The van der Waals surface area contributed by atoms with Crippen LogP contribution in [0.1, 0.15) is 30.9 Å². The lowest BCUT2D eigenvalue weighted by Gasteiger charge is -2.15. The van der Waals surface area contributed by atoms with E-state index in [1.54, 1.807) is 7.11 Å². The predicted octanol–water partition coefficient (Wildman–Crippen LogP) is 6.00. The van der Waals surface area contributed by atoms with Gasteiger partial charge >= 0.3 is 0 Å². The number of ether oxygens (including phenoxy) is 2. The largest absolute Gasteiger partial charge is 0.493 e. The highest BCUT2D eigenvalue weighted by Gasteiger charge is 2.12. The van der Waals surface area contributed by atoms with Crippen molar-refractivity contribution in [3.8, 4) is 11.5 Å². The van der Waals surface area contributed by atoms with Crippen molar-refractivity contribution in [2.24, 2.45) is 0 Å². The van der Waals surface area contributed by atoms with Gasteiger partial charge in [-0.25, -0.2) is 0 Å². The van der Waals surface area contributed by atoms with E-state index in [9.17, 15) is 0 Å². The van der Waals surface area contributed by atoms with Crippen LogP contribution in [0.3, 0.4) is 0 Å². The first-order valence-corrected chi connectivity index (χ1v) is 9.25. The van der Waals surface area contributed by atoms with Crippen molar-refractivity contribution in [3.63, 3.8) is 0 Å². The van der Waals surface area contributed by atoms with Gasteiger partial charge < -0.3 is 14.8 Å². The molecule has 0 atom stereocenters. The minimum Gasteiger partial charge on any atom is -0.493 e. The number of halogens is 3. The van der Waals surface area contributed by atoms with E-state index in [0.29, 0.717) is 12.4 Å². The maximum atomic E-state index is 5.95. The van der Waals surface area contributed by atoms with E-state index in [-0.39, 0.29) is 12.4 Å². The second-order valence-electron chi connectivity index (χ2n) is 5.55. The summed E-state index contributed by atoms with van der Waals surface area (Å²) in [6, 6.07) is 11.7. The molecular formula is C19H24BrCl2NO2. The third-order valence-corrected chi connectivity index (χ3v) is 4.46. The van der Waals surface area contributed by atoms with E-state index >= 15 is 0 Å². The highest BCUT2D eigenvalue weighted by Crippen LogP contribution is 2.37. The first-order chi connectivity index (χ1) is 11.6. The second kappa shape index (κ2) is 11.6. The molecule has 138 valence electrons. The maximum absolute atomic E-state index is 5.95. The number of rotatable bonds is 9. The molecule has 3 nitrogen and oxygen atoms in total. The van der Waals surface area contributed by atoms with Gasteiger partial charge in [0.15, 0.2) is 11.5 Å². The molecule has 0 aliphatic carbocycles. The number of benzene rings is 2. The molecule has 0 saturated heterocycles. The standard InChI is InChI=1S/C19H23BrClNO2.ClH/c1-3-4-9-22-12-15-10-17(20)19(18(11-15)23-2)24-13-14-5-7-16(21)8-6-14;/h5-8,10-11,22H,3-4,9,12-13H2,1-2H3;1H. The monoisotopic (exact) mass is 447 g/mol. The molecule has 0 amide bonds. The van der Waals surface area contributed by atoms with Gasteiger partial charge in [-0.3, -0.25) is 0 Å². The normalized spacial score (nSPS) is 10.2. The van der Waals surface area contributed by atoms with Crippen molar-refractivity contribution >= 4 is 39.9 Å². The van der Waals surface area contributed by atoms with E-state index in [1.807, 2.05) is 30.3 Å². The minimum absolute atomic E-state index is 0. The Morgan fingerprint density at radius 1 is 1.12 bits per heavy atom. The Morgan fingerprint density at radius 3 is 2.48 bits per heavy atom. The number of nitrogens with one attached hydrogen (secondary N) is 1. The molecule has 0 aliphatic heterocycles. The van der Waals surface area contributed by atoms with Gasteiger partial charge in [0.1, 0.15) is 6.61 Å². The van der Waals surface area contributed by atoms with Gasteiger partial charge in [0.2, 0.25) is 0 Å². The Kier molecular flexibility index (Phi) is 10.3. The van der Waals surface area contributed by atoms with E-state index < -0.39 is 0 Å². The lowest BCUT2D eigenvalue weighted by atomic mass is 10.2. The van der Waals surface area contributed by atoms with Crippen molar-refractivity contribution < 1.29 is 9.47 Å². The highest BCUT2D eigenvalue weighted by molar-refractivity contribution is 9.10. The first kappa shape index (κ1) is 22.1. The topological polar surface area (TPSA) is 30.5 Å². The highest BCUT2D eigenvalue weighted by atomic mass is 79.9. The molecule has 2 aromatic carbocycles. The van der Waals surface area contributed by atoms with Crippen molar-refractivity contribution in [1.82, 2.24) is 5.32 Å². The summed E-state index contributed by atoms with van der Waals surface area (Å²) in [5, 5.41) is 4.15. The Morgan fingerprint density at radius 2 is 1.84 bits per heavy atom. The smallest absolute Gasteiger partial charge is 0.175 e. The molecule has 25 heavy (non-hydrogen) atoms. The summed E-state index contributed by atoms with van der Waals surface area (Å²) < 4.78 is 12.3. The molecule has 0 radical (unpaired) electrons. The molecule has 0 aliphatic rings. The fraction of sp³-hybridized carbons (Fsp3) is 0.368. The van der Waals surface area contributed by atoms with Crippen LogP contribution in [0.2, 0.25) is 5.02 Å². The molecule has 0 heterocycles. The molecule has 0 bridgehead atoms. The molecule has 6 heteroatoms. The summed E-state index contributed by atoms with van der Waals surface area (Å²) in [5.74, 6) is 1.44. The maximum Gasteiger partial charge on any atom is 0.175 e. The molecule has 0 unspecified atom stereocenters. The van der Waals surface area contributed by atoms with Crippen LogP contribution in [0, 0.1) is 0 Å². The van der Waals surface area contributed by atoms with Crippen LogP contribution in [0.25, 0.3) is 0 Å². The summed E-state index contributed by atoms with van der Waals surface area (Å²) in [6.45, 7) is 4.48. The molecule has 0 saturated carbocycles. The summed E-state index contributed by atoms with van der Waals surface area (Å²) in [5.41, 5.74) is 2.22. The fourth-order valence-corrected chi connectivity index (χ4v) is 3.02. The first-order valence-electron chi connectivity index (χ1n) is 8.08. The predicted molar refractivity (Wildman–Crippen MR) is 110 cm³/mol. The summed E-state index contributed by atoms with van der Waals surface area (Å²) in [6.07, 6.45) is 2.37. The van der Waals surface area contributed by atoms with Crippen molar-refractivity contribution in [3.05, 3.63) is 57.0 Å². The Bertz CT molecular complexity index is 651. The van der Waals surface area contributed by atoms with Crippen LogP contribution in [0.4, 0.5) is 0 Å². The van der Waals surface area contributed by atoms with Crippen molar-refractivity contribution in [1.29, 1.82) is 0 Å². The van der Waals surface area contributed by atoms with Crippen LogP contribution in [0.5, 0.6) is 11.5 Å². The second-order valence-corrected chi connectivity index (χ2v) is 6.85. The van der Waals surface area contributed by atoms with Gasteiger partial charge in [-0.15, -0.1) is 12.4 Å². The average molecular weight is 449 g/mol. The summed E-state index contributed by atoms with van der Waals surface area (Å²) >= 11 is 9.50. The van der Waals surface area contributed by atoms with Crippen molar-refractivity contribution in [2.75, 3.05) is 13.7 Å². The van der Waals surface area contributed by atoms with E-state index in [1.165, 1.54) is 12.8 Å². The molecule has 2 aromatic rings. The quantitative estimate of drug-likeness (QED) is 0.477. The molecule has 0 fully saturated rings. The molecular weight excluding hydrogens is 425 g/mol. The average Bonchev–Trinajstić information content (AvgIpc) is 2.59. The van der Waals surface area contributed by atoms with E-state index in [2.05, 4.69) is 34.2 Å². The third-order valence-electron chi connectivity index (χ3n) is 3.62. The fourth-order valence-electron chi connectivity index (χ4n) is 2.29. The van der Waals surface area contributed by atoms with Gasteiger partial charge in [0, 0.05) is 11.6 Å². The number of hydrogen-bond acceptors (Lipinski definition) is 3. The summed E-state index contributed by atoms with van der Waals surface area (Å²) in [7, 11) is 1.66. The number of hydrogen-bond donors (Lipinski definition) is 1. The zero-order chi connectivity index (χ0) is 17.4. The van der Waals surface area contributed by atoms with Gasteiger partial charge in [0.25, 0.3) is 0 Å². The lowest BCUT2D eigenvalue weighted by molar-refractivity contribution is 0.282. The molecule has 1 N–H and O–H groups in total. The molecule has 0 aromatic heterocycles. The van der Waals surface area contributed by atoms with Crippen LogP contribution >= 0.6 is 39.9 Å². The van der Waals surface area contributed by atoms with E-state index in [0.717, 1.165) is 39.5 Å². The molecule has 2 rings (SSSR count). The zero-order valence-electron chi connectivity index (χ0n) is 14.5. The lowest BCUT2D eigenvalue weighted by Crippen LogP contribution is -2.14. The summed E-state index contributed by atoms with van der Waals surface area (Å²) in [4.78, 5) is 0. The Hall–Kier alpha value is -0.940. The van der Waals surface area contributed by atoms with Crippen LogP contribution in [-0.4, -0.2) is 13.7 Å².